The van der Waals surface area contributed by atoms with Crippen LogP contribution in [0.5, 0.6) is 5.75 Å². The summed E-state index contributed by atoms with van der Waals surface area (Å²) in [5.41, 5.74) is 10.5. The van der Waals surface area contributed by atoms with Crippen molar-refractivity contribution in [2.45, 2.75) is 24.4 Å². The van der Waals surface area contributed by atoms with E-state index < -0.39 is 0 Å². The van der Waals surface area contributed by atoms with Gasteiger partial charge in [-0.3, -0.25) is 0 Å². The number of ether oxygens (including phenoxy) is 1. The van der Waals surface area contributed by atoms with Gasteiger partial charge in [0.1, 0.15) is 23.0 Å². The van der Waals surface area contributed by atoms with Gasteiger partial charge < -0.3 is 9.15 Å². The minimum Gasteiger partial charge on any atom is -0.484 e. The maximum Gasteiger partial charge on any atom is 0.176 e. The van der Waals surface area contributed by atoms with Crippen molar-refractivity contribution in [1.82, 2.24) is 24.9 Å². The predicted molar refractivity (Wildman–Crippen MR) is 220 cm³/mol. The van der Waals surface area contributed by atoms with Gasteiger partial charge in [-0.15, -0.1) is 0 Å². The Morgan fingerprint density at radius 1 is 0.536 bits per heavy atom. The molecule has 56 heavy (non-hydrogen) atoms. The smallest absolute Gasteiger partial charge is 0.176 e. The molecule has 3 aromatic heterocycles. The first-order chi connectivity index (χ1) is 27.7. The monoisotopic (exact) mass is 723 g/mol. The van der Waals surface area contributed by atoms with Crippen LogP contribution in [0.4, 0.5) is 0 Å². The average molecular weight is 724 g/mol. The number of benzene rings is 5. The van der Waals surface area contributed by atoms with Crippen LogP contribution in [0, 0.1) is 0 Å². The number of nitrogens with zero attached hydrogens (tertiary/aromatic N) is 5. The van der Waals surface area contributed by atoms with E-state index in [0.29, 0.717) is 23.3 Å². The third-order valence-corrected chi connectivity index (χ3v) is 10.9. The van der Waals surface area contributed by atoms with Crippen LogP contribution in [-0.4, -0.2) is 31.0 Å². The molecule has 266 valence electrons. The molecule has 5 aromatic carbocycles. The van der Waals surface area contributed by atoms with Crippen molar-refractivity contribution >= 4 is 22.1 Å². The van der Waals surface area contributed by atoms with Crippen LogP contribution < -0.4 is 4.74 Å². The number of allylic oxidation sites excluding steroid dienone is 6. The van der Waals surface area contributed by atoms with E-state index in [1.54, 1.807) is 0 Å². The van der Waals surface area contributed by atoms with Crippen LogP contribution in [-0.2, 0) is 0 Å². The van der Waals surface area contributed by atoms with Crippen molar-refractivity contribution in [3.05, 3.63) is 192 Å². The highest BCUT2D eigenvalue weighted by molar-refractivity contribution is 6.03. The fourth-order valence-corrected chi connectivity index (χ4v) is 8.25. The zero-order valence-electron chi connectivity index (χ0n) is 30.2. The average Bonchev–Trinajstić information content (AvgIpc) is 3.86. The molecule has 0 radical (unpaired) electrons. The lowest BCUT2D eigenvalue weighted by atomic mass is 9.76. The van der Waals surface area contributed by atoms with Gasteiger partial charge in [-0.25, -0.2) is 24.9 Å². The molecular formula is C49H33N5O2. The van der Waals surface area contributed by atoms with Gasteiger partial charge >= 0.3 is 0 Å². The number of rotatable bonds is 6. The molecule has 3 aliphatic rings. The summed E-state index contributed by atoms with van der Waals surface area (Å²) in [6, 6.07) is 44.7. The molecule has 0 saturated heterocycles. The number of fused-ring (bicyclic) bond motifs is 6. The molecule has 0 fully saturated rings. The fraction of sp³-hybridized carbons (Fsp3) is 0.0816. The maximum absolute atomic E-state index is 6.87. The molecule has 3 atom stereocenters. The molecule has 0 N–H and O–H groups in total. The second-order valence-electron chi connectivity index (χ2n) is 14.3. The molecule has 3 unspecified atom stereocenters. The molecule has 7 heteroatoms. The normalized spacial score (nSPS) is 18.3. The Kier molecular flexibility index (Phi) is 7.62. The Labute approximate surface area is 323 Å². The number of hydrogen-bond donors (Lipinski definition) is 0. The van der Waals surface area contributed by atoms with Crippen LogP contribution in [0.3, 0.4) is 0 Å². The van der Waals surface area contributed by atoms with Crippen molar-refractivity contribution in [2.24, 2.45) is 0 Å². The summed E-state index contributed by atoms with van der Waals surface area (Å²) in [7, 11) is 0. The van der Waals surface area contributed by atoms with E-state index in [1.807, 2.05) is 97.1 Å². The minimum absolute atomic E-state index is 0.00567. The Bertz CT molecular complexity index is 2870. The lowest BCUT2D eigenvalue weighted by molar-refractivity contribution is 0.266. The SMILES string of the molecule is C1=CC(c2nc(-c3ccccc3)nc3c2oc2ccccc23)CC(C2=CC=CC3Oc4c(-c5nc(-c6ccccc6)nc(-c6ccccc6)n5)cccc4C23)=C1. The van der Waals surface area contributed by atoms with E-state index in [1.165, 1.54) is 11.1 Å². The highest BCUT2D eigenvalue weighted by Crippen LogP contribution is 2.52. The lowest BCUT2D eigenvalue weighted by Crippen LogP contribution is -2.22. The van der Waals surface area contributed by atoms with Gasteiger partial charge in [-0.2, -0.15) is 0 Å². The predicted octanol–water partition coefficient (Wildman–Crippen LogP) is 11.2. The van der Waals surface area contributed by atoms with Gasteiger partial charge in [0.25, 0.3) is 0 Å². The largest absolute Gasteiger partial charge is 0.484 e. The molecule has 2 aliphatic carbocycles. The Morgan fingerprint density at radius 3 is 1.88 bits per heavy atom. The molecular weight excluding hydrogens is 691 g/mol. The first-order valence-corrected chi connectivity index (χ1v) is 18.9. The Hall–Kier alpha value is -7.25. The van der Waals surface area contributed by atoms with Crippen LogP contribution in [0.2, 0.25) is 0 Å². The first-order valence-electron chi connectivity index (χ1n) is 18.9. The molecule has 11 rings (SSSR count). The lowest BCUT2D eigenvalue weighted by Gasteiger charge is -2.27. The van der Waals surface area contributed by atoms with Crippen LogP contribution in [0.1, 0.15) is 29.5 Å². The zero-order valence-corrected chi connectivity index (χ0v) is 30.2. The van der Waals surface area contributed by atoms with E-state index in [2.05, 4.69) is 72.9 Å². The van der Waals surface area contributed by atoms with E-state index >= 15 is 0 Å². The Morgan fingerprint density at radius 2 is 1.16 bits per heavy atom. The van der Waals surface area contributed by atoms with Crippen molar-refractivity contribution < 1.29 is 9.15 Å². The molecule has 0 saturated carbocycles. The van der Waals surface area contributed by atoms with E-state index in [-0.39, 0.29) is 17.9 Å². The highest BCUT2D eigenvalue weighted by Gasteiger charge is 2.40. The summed E-state index contributed by atoms with van der Waals surface area (Å²) in [5.74, 6) is 3.28. The van der Waals surface area contributed by atoms with Crippen LogP contribution >= 0.6 is 0 Å². The fourth-order valence-electron chi connectivity index (χ4n) is 8.25. The van der Waals surface area contributed by atoms with Gasteiger partial charge in [0.05, 0.1) is 17.2 Å². The summed E-state index contributed by atoms with van der Waals surface area (Å²) in [4.78, 5) is 25.3. The second kappa shape index (κ2) is 13.2. The maximum atomic E-state index is 6.87. The van der Waals surface area contributed by atoms with Gasteiger partial charge in [0.2, 0.25) is 0 Å². The van der Waals surface area contributed by atoms with E-state index in [9.17, 15) is 0 Å². The minimum atomic E-state index is -0.175. The quantitative estimate of drug-likeness (QED) is 0.169. The summed E-state index contributed by atoms with van der Waals surface area (Å²) < 4.78 is 13.4. The van der Waals surface area contributed by atoms with Gasteiger partial charge in [0, 0.05) is 33.6 Å². The first kappa shape index (κ1) is 32.2. The van der Waals surface area contributed by atoms with Gasteiger partial charge in [-0.1, -0.05) is 146 Å². The number of furan rings is 1. The van der Waals surface area contributed by atoms with Gasteiger partial charge in [0.15, 0.2) is 28.9 Å². The van der Waals surface area contributed by atoms with Crippen LogP contribution in [0.25, 0.3) is 67.6 Å². The zero-order chi connectivity index (χ0) is 37.0. The topological polar surface area (TPSA) is 86.8 Å². The third kappa shape index (κ3) is 5.47. The second-order valence-corrected chi connectivity index (χ2v) is 14.3. The molecule has 1 aliphatic heterocycles. The molecule has 0 amide bonds. The van der Waals surface area contributed by atoms with E-state index in [4.69, 9.17) is 34.1 Å². The number of aromatic nitrogens is 5. The van der Waals surface area contributed by atoms with Crippen molar-refractivity contribution in [3.63, 3.8) is 0 Å². The molecule has 7 nitrogen and oxygen atoms in total. The summed E-state index contributed by atoms with van der Waals surface area (Å²) in [6.45, 7) is 0. The number of hydrogen-bond acceptors (Lipinski definition) is 7. The van der Waals surface area contributed by atoms with Crippen LogP contribution in [0.15, 0.2) is 185 Å². The summed E-state index contributed by atoms with van der Waals surface area (Å²) in [5, 5.41) is 0.988. The standard InChI is InChI=1S/C49H33N5O2/c1-4-15-30(16-5-1)46-50-42(45-43(51-46)36-23-10-11-27-39(36)55-45)34-22-12-21-33(29-34)35-24-14-28-40-41(35)37-25-13-26-38(44(37)56-40)49-53-47(31-17-6-2-7-18-31)52-48(54-49)32-19-8-3-9-20-32/h1-28,34,40-41H,29H2. The molecule has 0 spiro atoms. The highest BCUT2D eigenvalue weighted by atomic mass is 16.5. The van der Waals surface area contributed by atoms with Gasteiger partial charge in [-0.05, 0) is 41.8 Å². The third-order valence-electron chi connectivity index (χ3n) is 10.9. The van der Waals surface area contributed by atoms with Crippen molar-refractivity contribution in [2.75, 3.05) is 0 Å². The Balaban J connectivity index is 0.977. The van der Waals surface area contributed by atoms with E-state index in [0.717, 1.165) is 67.8 Å². The molecule has 8 aromatic rings. The molecule has 4 heterocycles. The van der Waals surface area contributed by atoms with Crippen molar-refractivity contribution in [1.29, 1.82) is 0 Å². The number of para-hydroxylation sites is 2. The van der Waals surface area contributed by atoms with Crippen molar-refractivity contribution in [3.8, 4) is 51.3 Å². The molecule has 0 bridgehead atoms. The summed E-state index contributed by atoms with van der Waals surface area (Å²) >= 11 is 0. The summed E-state index contributed by atoms with van der Waals surface area (Å²) in [6.07, 6.45) is 13.7.